The van der Waals surface area contributed by atoms with Gasteiger partial charge in [0, 0.05) is 23.7 Å². The van der Waals surface area contributed by atoms with Crippen LogP contribution in [0, 0.1) is 0 Å². The van der Waals surface area contributed by atoms with Crippen molar-refractivity contribution >= 4 is 40.4 Å². The van der Waals surface area contributed by atoms with E-state index in [2.05, 4.69) is 22.4 Å². The fourth-order valence-corrected chi connectivity index (χ4v) is 4.68. The summed E-state index contributed by atoms with van der Waals surface area (Å²) in [7, 11) is 0. The fraction of sp³-hybridized carbons (Fsp3) is 0.458. The maximum Gasteiger partial charge on any atom is 0.288 e. The van der Waals surface area contributed by atoms with Gasteiger partial charge in [0.25, 0.3) is 5.95 Å². The number of aryl methyl sites for hydroxylation is 1. The van der Waals surface area contributed by atoms with Crippen molar-refractivity contribution in [2.24, 2.45) is 0 Å². The van der Waals surface area contributed by atoms with Crippen molar-refractivity contribution in [1.82, 2.24) is 0 Å². The van der Waals surface area contributed by atoms with E-state index in [1.807, 2.05) is 29.5 Å². The van der Waals surface area contributed by atoms with Gasteiger partial charge in [0.1, 0.15) is 5.58 Å². The lowest BCUT2D eigenvalue weighted by Crippen LogP contribution is -2.29. The second-order valence-corrected chi connectivity index (χ2v) is 8.78. The number of rotatable bonds is 9. The first-order valence-corrected chi connectivity index (χ1v) is 11.7. The summed E-state index contributed by atoms with van der Waals surface area (Å²) in [6.45, 7) is 2.70. The van der Waals surface area contributed by atoms with Gasteiger partial charge in [-0.15, -0.1) is 23.7 Å². The quantitative estimate of drug-likeness (QED) is 0.353. The molecule has 4 rings (SSSR count). The number of halogens is 1. The number of benzene rings is 1. The Bertz CT molecular complexity index is 964. The van der Waals surface area contributed by atoms with Gasteiger partial charge >= 0.3 is 0 Å². The van der Waals surface area contributed by atoms with Crippen LogP contribution >= 0.6 is 23.7 Å². The third-order valence-corrected chi connectivity index (χ3v) is 6.49. The first kappa shape index (κ1) is 22.7. The van der Waals surface area contributed by atoms with Crippen LogP contribution in [0.1, 0.15) is 49.8 Å². The van der Waals surface area contributed by atoms with E-state index in [1.165, 1.54) is 43.0 Å². The summed E-state index contributed by atoms with van der Waals surface area (Å²) in [5.74, 6) is 0.326. The maximum absolute atomic E-state index is 12.6. The number of hydrogen-bond acceptors (Lipinski definition) is 5. The van der Waals surface area contributed by atoms with Gasteiger partial charge in [-0.3, -0.25) is 4.79 Å². The molecule has 0 saturated carbocycles. The highest BCUT2D eigenvalue weighted by molar-refractivity contribution is 7.09. The molecule has 1 aliphatic rings. The zero-order valence-electron chi connectivity index (χ0n) is 17.3. The monoisotopic (exact) mass is 447 g/mol. The van der Waals surface area contributed by atoms with Crippen LogP contribution in [-0.2, 0) is 6.42 Å². The number of piperidine rings is 1. The molecule has 1 saturated heterocycles. The zero-order chi connectivity index (χ0) is 19.9. The first-order valence-electron chi connectivity index (χ1n) is 10.8. The molecule has 2 aromatic heterocycles. The van der Waals surface area contributed by atoms with Crippen LogP contribution in [0.4, 0.5) is 5.69 Å². The van der Waals surface area contributed by atoms with Crippen molar-refractivity contribution in [2.75, 3.05) is 24.6 Å². The minimum atomic E-state index is -0.0314. The second kappa shape index (κ2) is 11.4. The number of ether oxygens (including phenoxy) is 1. The van der Waals surface area contributed by atoms with Crippen LogP contribution in [0.2, 0.25) is 0 Å². The predicted octanol–water partition coefficient (Wildman–Crippen LogP) is 6.45. The summed E-state index contributed by atoms with van der Waals surface area (Å²) < 4.78 is 11.5. The van der Waals surface area contributed by atoms with E-state index < -0.39 is 0 Å². The normalized spacial score (nSPS) is 13.9. The summed E-state index contributed by atoms with van der Waals surface area (Å²) in [5.41, 5.74) is 1.68. The van der Waals surface area contributed by atoms with Gasteiger partial charge < -0.3 is 14.1 Å². The van der Waals surface area contributed by atoms with Crippen LogP contribution < -0.4 is 15.1 Å². The minimum Gasteiger partial charge on any atom is -0.465 e. The average molecular weight is 448 g/mol. The molecule has 1 aromatic carbocycles. The number of nitrogens with zero attached hydrogens (tertiary/aromatic N) is 1. The minimum absolute atomic E-state index is 0. The summed E-state index contributed by atoms with van der Waals surface area (Å²) in [6, 6.07) is 11.7. The van der Waals surface area contributed by atoms with E-state index in [0.717, 1.165) is 38.0 Å². The molecule has 1 fully saturated rings. The molecular weight excluding hydrogens is 418 g/mol. The van der Waals surface area contributed by atoms with Crippen LogP contribution in [0.5, 0.6) is 5.95 Å². The summed E-state index contributed by atoms with van der Waals surface area (Å²) in [5, 5.41) is 2.77. The molecule has 0 radical (unpaired) electrons. The highest BCUT2D eigenvalue weighted by Crippen LogP contribution is 2.25. The molecule has 0 atom stereocenters. The molecule has 0 bridgehead atoms. The van der Waals surface area contributed by atoms with Crippen molar-refractivity contribution in [1.29, 1.82) is 0 Å². The van der Waals surface area contributed by atoms with E-state index in [9.17, 15) is 4.79 Å². The number of unbranched alkanes of at least 4 members (excludes halogenated alkanes) is 3. The standard InChI is InChI=1S/C24H29NO3S.ClH/c26-22-18-24(27-15-7-2-1-4-9-20-10-8-16-29-20)28-23-12-11-19(17-21(22)23)25-13-5-3-6-14-25;/h8,10-12,16-18H,1-7,9,13-15H2;1H. The lowest BCUT2D eigenvalue weighted by molar-refractivity contribution is 0.238. The molecule has 0 spiro atoms. The van der Waals surface area contributed by atoms with Crippen LogP contribution in [0.15, 0.2) is 51.0 Å². The Morgan fingerprint density at radius 1 is 1.00 bits per heavy atom. The second-order valence-electron chi connectivity index (χ2n) is 7.75. The SMILES string of the molecule is Cl.O=c1cc(OCCCCCCc2cccs2)oc2ccc(N3CCCCC3)cc12. The molecule has 3 heterocycles. The zero-order valence-corrected chi connectivity index (χ0v) is 18.9. The lowest BCUT2D eigenvalue weighted by Gasteiger charge is -2.28. The van der Waals surface area contributed by atoms with Gasteiger partial charge in [-0.25, -0.2) is 0 Å². The van der Waals surface area contributed by atoms with Gasteiger partial charge in [-0.2, -0.15) is 0 Å². The molecule has 0 N–H and O–H groups in total. The van der Waals surface area contributed by atoms with Crippen molar-refractivity contribution in [3.05, 3.63) is 56.9 Å². The molecule has 4 nitrogen and oxygen atoms in total. The van der Waals surface area contributed by atoms with Crippen LogP contribution in [0.25, 0.3) is 11.0 Å². The number of anilines is 1. The van der Waals surface area contributed by atoms with Crippen LogP contribution in [0.3, 0.4) is 0 Å². The van der Waals surface area contributed by atoms with Gasteiger partial charge in [0.15, 0.2) is 5.43 Å². The Balaban J connectivity index is 0.00000256. The van der Waals surface area contributed by atoms with E-state index >= 15 is 0 Å². The average Bonchev–Trinajstić information content (AvgIpc) is 3.27. The Labute approximate surface area is 188 Å². The number of fused-ring (bicyclic) bond motifs is 1. The number of hydrogen-bond donors (Lipinski definition) is 0. The Morgan fingerprint density at radius 2 is 1.83 bits per heavy atom. The smallest absolute Gasteiger partial charge is 0.288 e. The van der Waals surface area contributed by atoms with Crippen molar-refractivity contribution in [3.63, 3.8) is 0 Å². The fourth-order valence-electron chi connectivity index (χ4n) is 3.92. The molecule has 1 aliphatic heterocycles. The molecular formula is C24H30ClNO3S. The first-order chi connectivity index (χ1) is 14.3. The Hall–Kier alpha value is -1.98. The summed E-state index contributed by atoms with van der Waals surface area (Å²) >= 11 is 1.83. The lowest BCUT2D eigenvalue weighted by atomic mass is 10.1. The van der Waals surface area contributed by atoms with E-state index in [0.29, 0.717) is 23.5 Å². The van der Waals surface area contributed by atoms with E-state index in [4.69, 9.17) is 9.15 Å². The maximum atomic E-state index is 12.6. The third kappa shape index (κ3) is 6.02. The largest absolute Gasteiger partial charge is 0.465 e. The molecule has 3 aromatic rings. The molecule has 0 aliphatic carbocycles. The highest BCUT2D eigenvalue weighted by Gasteiger charge is 2.13. The van der Waals surface area contributed by atoms with E-state index in [-0.39, 0.29) is 17.8 Å². The topological polar surface area (TPSA) is 42.7 Å². The predicted molar refractivity (Wildman–Crippen MR) is 128 cm³/mol. The van der Waals surface area contributed by atoms with Crippen molar-refractivity contribution in [3.8, 4) is 5.95 Å². The molecule has 30 heavy (non-hydrogen) atoms. The van der Waals surface area contributed by atoms with Gasteiger partial charge in [0.2, 0.25) is 0 Å². The molecule has 162 valence electrons. The third-order valence-electron chi connectivity index (χ3n) is 5.55. The number of thiophene rings is 1. The summed E-state index contributed by atoms with van der Waals surface area (Å²) in [4.78, 5) is 16.4. The van der Waals surface area contributed by atoms with Gasteiger partial charge in [-0.05, 0) is 68.2 Å². The van der Waals surface area contributed by atoms with Gasteiger partial charge in [0.05, 0.1) is 18.1 Å². The van der Waals surface area contributed by atoms with Crippen LogP contribution in [-0.4, -0.2) is 19.7 Å². The molecule has 6 heteroatoms. The molecule has 0 amide bonds. The molecule has 0 unspecified atom stereocenters. The van der Waals surface area contributed by atoms with Crippen molar-refractivity contribution in [2.45, 2.75) is 51.4 Å². The van der Waals surface area contributed by atoms with Gasteiger partial charge in [-0.1, -0.05) is 18.9 Å². The Morgan fingerprint density at radius 3 is 2.63 bits per heavy atom. The Kier molecular flexibility index (Phi) is 8.64. The highest BCUT2D eigenvalue weighted by atomic mass is 35.5. The van der Waals surface area contributed by atoms with E-state index in [1.54, 1.807) is 0 Å². The van der Waals surface area contributed by atoms with Crippen molar-refractivity contribution < 1.29 is 9.15 Å². The summed E-state index contributed by atoms with van der Waals surface area (Å²) in [6.07, 6.45) is 9.40.